The molecule has 25 heavy (non-hydrogen) atoms. The second-order valence-electron chi connectivity index (χ2n) is 6.29. The summed E-state index contributed by atoms with van der Waals surface area (Å²) in [6.45, 7) is 5.46. The number of nitrogens with zero attached hydrogens (tertiary/aromatic N) is 3. The molecule has 0 bridgehead atoms. The highest BCUT2D eigenvalue weighted by molar-refractivity contribution is 5.96. The summed E-state index contributed by atoms with van der Waals surface area (Å²) in [5, 5.41) is 3.98. The summed E-state index contributed by atoms with van der Waals surface area (Å²) in [4.78, 5) is 18.7. The molecule has 0 spiro atoms. The van der Waals surface area contributed by atoms with Crippen LogP contribution in [0.3, 0.4) is 0 Å². The van der Waals surface area contributed by atoms with Gasteiger partial charge in [-0.2, -0.15) is 0 Å². The minimum absolute atomic E-state index is 0.0114. The molecule has 1 saturated heterocycles. The van der Waals surface area contributed by atoms with Crippen LogP contribution in [-0.2, 0) is 17.6 Å². The fourth-order valence-electron chi connectivity index (χ4n) is 3.15. The van der Waals surface area contributed by atoms with Crippen molar-refractivity contribution in [2.24, 2.45) is 0 Å². The number of carbonyl (C=O) groups is 1. The molecule has 0 aliphatic carbocycles. The van der Waals surface area contributed by atoms with Gasteiger partial charge in [0.05, 0.1) is 18.4 Å². The highest BCUT2D eigenvalue weighted by Crippen LogP contribution is 2.20. The smallest absolute Gasteiger partial charge is 0.259 e. The third kappa shape index (κ3) is 3.99. The van der Waals surface area contributed by atoms with Gasteiger partial charge < -0.3 is 19.9 Å². The van der Waals surface area contributed by atoms with Crippen molar-refractivity contribution in [1.82, 2.24) is 15.0 Å². The zero-order valence-electron chi connectivity index (χ0n) is 14.7. The minimum atomic E-state index is -0.0166. The Morgan fingerprint density at radius 3 is 3.08 bits per heavy atom. The first-order valence-electron chi connectivity index (χ1n) is 8.65. The monoisotopic (exact) mass is 344 g/mol. The van der Waals surface area contributed by atoms with E-state index in [0.29, 0.717) is 43.3 Å². The van der Waals surface area contributed by atoms with Crippen molar-refractivity contribution in [1.29, 1.82) is 0 Å². The van der Waals surface area contributed by atoms with Crippen molar-refractivity contribution in [3.63, 3.8) is 0 Å². The quantitative estimate of drug-likeness (QED) is 0.891. The molecule has 1 unspecified atom stereocenters. The maximum atomic E-state index is 12.9. The number of morpholine rings is 1. The summed E-state index contributed by atoms with van der Waals surface area (Å²) < 4.78 is 11.0. The number of pyridine rings is 1. The van der Waals surface area contributed by atoms with Crippen LogP contribution in [0.15, 0.2) is 22.9 Å². The van der Waals surface area contributed by atoms with Gasteiger partial charge in [0.15, 0.2) is 0 Å². The van der Waals surface area contributed by atoms with Crippen LogP contribution in [0.5, 0.6) is 0 Å². The Labute approximate surface area is 147 Å². The van der Waals surface area contributed by atoms with E-state index in [-0.39, 0.29) is 12.0 Å². The van der Waals surface area contributed by atoms with Crippen LogP contribution >= 0.6 is 0 Å². The van der Waals surface area contributed by atoms with Crippen LogP contribution < -0.4 is 5.73 Å². The van der Waals surface area contributed by atoms with Gasteiger partial charge in [0.25, 0.3) is 5.91 Å². The van der Waals surface area contributed by atoms with E-state index in [9.17, 15) is 4.79 Å². The lowest BCUT2D eigenvalue weighted by molar-refractivity contribution is -0.0246. The largest absolute Gasteiger partial charge is 0.384 e. The van der Waals surface area contributed by atoms with E-state index >= 15 is 0 Å². The average molecular weight is 344 g/mol. The molecule has 0 aromatic carbocycles. The third-order valence-electron chi connectivity index (χ3n) is 4.51. The molecule has 2 aromatic heterocycles. The highest BCUT2D eigenvalue weighted by atomic mass is 16.5. The highest BCUT2D eigenvalue weighted by Gasteiger charge is 2.29. The zero-order valence-corrected chi connectivity index (χ0v) is 14.7. The van der Waals surface area contributed by atoms with Crippen molar-refractivity contribution in [3.8, 4) is 0 Å². The molecule has 1 aliphatic heterocycles. The van der Waals surface area contributed by atoms with Crippen molar-refractivity contribution in [2.45, 2.75) is 39.2 Å². The van der Waals surface area contributed by atoms with Crippen LogP contribution in [0.2, 0.25) is 0 Å². The molecule has 2 aromatic rings. The maximum absolute atomic E-state index is 12.9. The first-order chi connectivity index (χ1) is 12.1. The molecule has 3 heterocycles. The van der Waals surface area contributed by atoms with E-state index in [1.165, 1.54) is 0 Å². The molecule has 0 saturated carbocycles. The van der Waals surface area contributed by atoms with Gasteiger partial charge in [-0.1, -0.05) is 12.1 Å². The predicted molar refractivity (Wildman–Crippen MR) is 93.2 cm³/mol. The van der Waals surface area contributed by atoms with E-state index in [0.717, 1.165) is 24.1 Å². The first kappa shape index (κ1) is 17.4. The first-order valence-corrected chi connectivity index (χ1v) is 8.65. The van der Waals surface area contributed by atoms with Gasteiger partial charge in [-0.05, 0) is 43.9 Å². The van der Waals surface area contributed by atoms with Crippen LogP contribution in [0.1, 0.15) is 40.7 Å². The molecule has 3 rings (SSSR count). The van der Waals surface area contributed by atoms with E-state index < -0.39 is 0 Å². The van der Waals surface area contributed by atoms with Gasteiger partial charge in [-0.3, -0.25) is 4.79 Å². The number of hydrogen-bond acceptors (Lipinski definition) is 6. The van der Waals surface area contributed by atoms with Crippen LogP contribution in [0.4, 0.5) is 5.82 Å². The van der Waals surface area contributed by atoms with Crippen molar-refractivity contribution in [3.05, 3.63) is 40.9 Å². The number of nitrogens with two attached hydrogens (primary N) is 1. The van der Waals surface area contributed by atoms with E-state index in [1.807, 2.05) is 24.0 Å². The summed E-state index contributed by atoms with van der Waals surface area (Å²) in [6.07, 6.45) is 4.07. The Bertz CT molecular complexity index is 744. The second kappa shape index (κ2) is 7.65. The lowest BCUT2D eigenvalue weighted by atomic mass is 10.1. The second-order valence-corrected chi connectivity index (χ2v) is 6.29. The average Bonchev–Trinajstić information content (AvgIpc) is 3.00. The predicted octanol–water partition coefficient (Wildman–Crippen LogP) is 2.00. The van der Waals surface area contributed by atoms with Crippen molar-refractivity contribution in [2.75, 3.05) is 25.4 Å². The van der Waals surface area contributed by atoms with E-state index in [2.05, 4.69) is 10.1 Å². The number of amides is 1. The molecule has 7 heteroatoms. The Morgan fingerprint density at radius 1 is 1.48 bits per heavy atom. The topological polar surface area (TPSA) is 94.5 Å². The molecule has 1 amide bonds. The third-order valence-corrected chi connectivity index (χ3v) is 4.51. The number of rotatable bonds is 5. The zero-order chi connectivity index (χ0) is 17.8. The summed E-state index contributed by atoms with van der Waals surface area (Å²) >= 11 is 0. The Hall–Kier alpha value is -2.41. The van der Waals surface area contributed by atoms with Gasteiger partial charge in [-0.15, -0.1) is 0 Å². The summed E-state index contributed by atoms with van der Waals surface area (Å²) in [6, 6.07) is 3.83. The summed E-state index contributed by atoms with van der Waals surface area (Å²) in [7, 11) is 0. The van der Waals surface area contributed by atoms with Gasteiger partial charge in [0.2, 0.25) is 0 Å². The fraction of sp³-hybridized carbons (Fsp3) is 0.500. The SMILES string of the molecule is CCc1noc(C)c1C(=O)N1CCOC(CCc2ccnc(N)c2)C1. The number of aromatic nitrogens is 2. The van der Waals surface area contributed by atoms with Crippen LogP contribution in [0, 0.1) is 6.92 Å². The molecule has 0 radical (unpaired) electrons. The normalized spacial score (nSPS) is 17.7. The van der Waals surface area contributed by atoms with Gasteiger partial charge in [-0.25, -0.2) is 4.98 Å². The maximum Gasteiger partial charge on any atom is 0.259 e. The molecule has 134 valence electrons. The summed E-state index contributed by atoms with van der Waals surface area (Å²) in [5.41, 5.74) is 8.16. The fourth-order valence-corrected chi connectivity index (χ4v) is 3.15. The van der Waals surface area contributed by atoms with E-state index in [4.69, 9.17) is 15.0 Å². The van der Waals surface area contributed by atoms with Gasteiger partial charge in [0.1, 0.15) is 17.1 Å². The van der Waals surface area contributed by atoms with Gasteiger partial charge in [0, 0.05) is 19.3 Å². The van der Waals surface area contributed by atoms with E-state index in [1.54, 1.807) is 13.1 Å². The molecule has 7 nitrogen and oxygen atoms in total. The standard InChI is InChI=1S/C18H24N4O3/c1-3-15-17(12(2)25-21-15)18(23)22-8-9-24-14(11-22)5-4-13-6-7-20-16(19)10-13/h6-7,10,14H,3-5,8-9,11H2,1-2H3,(H2,19,20). The molecule has 2 N–H and O–H groups in total. The van der Waals surface area contributed by atoms with Crippen LogP contribution in [-0.4, -0.2) is 46.7 Å². The van der Waals surface area contributed by atoms with Gasteiger partial charge >= 0.3 is 0 Å². The minimum Gasteiger partial charge on any atom is -0.384 e. The molecule has 1 atom stereocenters. The molecule has 1 aliphatic rings. The lowest BCUT2D eigenvalue weighted by Crippen LogP contribution is -2.46. The van der Waals surface area contributed by atoms with Crippen LogP contribution in [0.25, 0.3) is 0 Å². The summed E-state index contributed by atoms with van der Waals surface area (Å²) in [5.74, 6) is 1.09. The number of anilines is 1. The Kier molecular flexibility index (Phi) is 5.33. The number of carbonyl (C=O) groups excluding carboxylic acids is 1. The molecular weight excluding hydrogens is 320 g/mol. The molecular formula is C18H24N4O3. The van der Waals surface area contributed by atoms with Crippen molar-refractivity contribution < 1.29 is 14.1 Å². The number of aryl methyl sites for hydroxylation is 3. The Morgan fingerprint density at radius 2 is 2.32 bits per heavy atom. The Balaban J connectivity index is 1.62. The van der Waals surface area contributed by atoms with Crippen molar-refractivity contribution >= 4 is 11.7 Å². The number of hydrogen-bond donors (Lipinski definition) is 1. The number of ether oxygens (including phenoxy) is 1. The number of nitrogen functional groups attached to an aromatic ring is 1. The molecule has 1 fully saturated rings. The lowest BCUT2D eigenvalue weighted by Gasteiger charge is -2.33.